The van der Waals surface area contributed by atoms with Crippen LogP contribution in [-0.2, 0) is 0 Å². The van der Waals surface area contributed by atoms with Gasteiger partial charge in [0.25, 0.3) is 0 Å². The number of benzene rings is 9. The van der Waals surface area contributed by atoms with Crippen molar-refractivity contribution < 1.29 is 8.83 Å². The van der Waals surface area contributed by atoms with Crippen LogP contribution in [0.2, 0.25) is 0 Å². The van der Waals surface area contributed by atoms with E-state index in [0.717, 1.165) is 83.1 Å². The first kappa shape index (κ1) is 34.1. The lowest BCUT2D eigenvalue weighted by atomic mass is 9.91. The molecule has 5 heteroatoms. The van der Waals surface area contributed by atoms with E-state index in [1.165, 1.54) is 27.5 Å². The Labute approximate surface area is 345 Å². The van der Waals surface area contributed by atoms with Crippen LogP contribution in [0.3, 0.4) is 0 Å². The van der Waals surface area contributed by atoms with Gasteiger partial charge in [0.1, 0.15) is 34.3 Å². The molecular weight excluding hydrogens is 735 g/mol. The first-order valence-corrected chi connectivity index (χ1v) is 20.3. The highest BCUT2D eigenvalue weighted by molar-refractivity contribution is 6.24. The predicted molar refractivity (Wildman–Crippen MR) is 247 cm³/mol. The van der Waals surface area contributed by atoms with Crippen LogP contribution in [0.1, 0.15) is 22.9 Å². The lowest BCUT2D eigenvalue weighted by molar-refractivity contribution is 0.668. The van der Waals surface area contributed by atoms with Gasteiger partial charge < -0.3 is 14.2 Å². The van der Waals surface area contributed by atoms with Gasteiger partial charge in [-0.05, 0) is 74.5 Å². The van der Waals surface area contributed by atoms with Gasteiger partial charge in [-0.3, -0.25) is 0 Å². The molecule has 1 unspecified atom stereocenters. The highest BCUT2D eigenvalue weighted by Crippen LogP contribution is 2.42. The minimum absolute atomic E-state index is 0.396. The highest BCUT2D eigenvalue weighted by atomic mass is 16.3. The summed E-state index contributed by atoms with van der Waals surface area (Å²) in [5.74, 6) is 1.37. The van der Waals surface area contributed by atoms with Gasteiger partial charge in [0, 0.05) is 38.2 Å². The van der Waals surface area contributed by atoms with Crippen LogP contribution in [0.25, 0.3) is 88.0 Å². The molecule has 1 N–H and O–H groups in total. The van der Waals surface area contributed by atoms with Crippen molar-refractivity contribution >= 4 is 66.3 Å². The predicted octanol–water partition coefficient (Wildman–Crippen LogP) is 14.1. The summed E-state index contributed by atoms with van der Waals surface area (Å²) in [6.45, 7) is 0. The van der Waals surface area contributed by atoms with Gasteiger partial charge in [0.2, 0.25) is 0 Å². The highest BCUT2D eigenvalue weighted by Gasteiger charge is 2.25. The summed E-state index contributed by atoms with van der Waals surface area (Å²) in [4.78, 5) is 10.6. The molecule has 0 radical (unpaired) electrons. The van der Waals surface area contributed by atoms with Crippen molar-refractivity contribution in [3.05, 3.63) is 217 Å². The largest absolute Gasteiger partial charge is 0.456 e. The van der Waals surface area contributed by atoms with Crippen molar-refractivity contribution in [1.82, 2.24) is 5.32 Å². The van der Waals surface area contributed by atoms with Gasteiger partial charge in [-0.25, -0.2) is 9.98 Å². The Morgan fingerprint density at radius 3 is 1.80 bits per heavy atom. The molecule has 1 atom stereocenters. The van der Waals surface area contributed by atoms with Crippen LogP contribution in [0, 0.1) is 0 Å². The second kappa shape index (κ2) is 13.8. The lowest BCUT2D eigenvalue weighted by Gasteiger charge is -2.24. The van der Waals surface area contributed by atoms with E-state index in [4.69, 9.17) is 18.8 Å². The van der Waals surface area contributed by atoms with Crippen molar-refractivity contribution in [2.24, 2.45) is 9.98 Å². The van der Waals surface area contributed by atoms with E-state index >= 15 is 0 Å². The monoisotopic (exact) mass is 769 g/mol. The quantitative estimate of drug-likeness (QED) is 0.183. The van der Waals surface area contributed by atoms with Crippen LogP contribution in [0.5, 0.6) is 0 Å². The number of aliphatic imine (C=N–C) groups is 2. The molecule has 0 spiro atoms. The number of hydrogen-bond acceptors (Lipinski definition) is 5. The van der Waals surface area contributed by atoms with Crippen molar-refractivity contribution in [3.8, 4) is 33.4 Å². The second-order valence-corrected chi connectivity index (χ2v) is 15.3. The van der Waals surface area contributed by atoms with Gasteiger partial charge in [-0.15, -0.1) is 0 Å². The maximum Gasteiger partial charge on any atom is 0.159 e. The SMILES string of the molecule is c1ccc(-c2ccc(C3N=C(c4ccc5oc6ccccc6c5c4)N=C(c4cccc5oc6c(-c7ccc(-c8ccccc8)c8ccccc78)cccc6c45)N3)cc2)cc1. The van der Waals surface area contributed by atoms with Crippen LogP contribution in [-0.4, -0.2) is 11.7 Å². The number of amidine groups is 2. The number of fused-ring (bicyclic) bond motifs is 7. The molecule has 1 aliphatic heterocycles. The van der Waals surface area contributed by atoms with Gasteiger partial charge in [-0.2, -0.15) is 0 Å². The Kier molecular flexibility index (Phi) is 7.85. The Morgan fingerprint density at radius 1 is 0.383 bits per heavy atom. The summed E-state index contributed by atoms with van der Waals surface area (Å²) < 4.78 is 13.1. The minimum atomic E-state index is -0.396. The van der Waals surface area contributed by atoms with Crippen LogP contribution < -0.4 is 5.32 Å². The molecule has 0 aliphatic carbocycles. The van der Waals surface area contributed by atoms with Gasteiger partial charge in [0.05, 0.1) is 0 Å². The maximum atomic E-state index is 6.87. The van der Waals surface area contributed by atoms with Crippen molar-refractivity contribution in [3.63, 3.8) is 0 Å². The van der Waals surface area contributed by atoms with Crippen molar-refractivity contribution in [2.45, 2.75) is 6.17 Å². The molecular formula is C55H35N3O2. The van der Waals surface area contributed by atoms with Crippen LogP contribution in [0.15, 0.2) is 219 Å². The summed E-state index contributed by atoms with van der Waals surface area (Å²) in [5.41, 5.74) is 13.1. The summed E-state index contributed by atoms with van der Waals surface area (Å²) in [5, 5.41) is 10.2. The molecule has 0 saturated heterocycles. The van der Waals surface area contributed by atoms with E-state index in [2.05, 4.69) is 169 Å². The maximum absolute atomic E-state index is 6.87. The molecule has 11 aromatic rings. The zero-order valence-electron chi connectivity index (χ0n) is 32.3. The normalized spacial score (nSPS) is 14.2. The minimum Gasteiger partial charge on any atom is -0.456 e. The Bertz CT molecular complexity index is 3510. The van der Waals surface area contributed by atoms with E-state index in [0.29, 0.717) is 5.84 Å². The molecule has 60 heavy (non-hydrogen) atoms. The standard InChI is InChI=1S/C55H35N3O2/c1-3-13-34(14-4-1)35-25-27-37(28-26-35)53-56-54(38-29-32-49-47(33-38)43-19-9-10-23-48(43)59-49)58-55(57-53)46-22-12-24-50-51(46)45-21-11-20-44(52(45)60-50)42-31-30-39(36-15-5-2-6-16-36)40-17-7-8-18-41(40)42/h1-33,53H,(H,56,57,58). The molecule has 282 valence electrons. The van der Waals surface area contributed by atoms with E-state index in [1.807, 2.05) is 36.4 Å². The lowest BCUT2D eigenvalue weighted by Crippen LogP contribution is -2.33. The third-order valence-corrected chi connectivity index (χ3v) is 11.8. The smallest absolute Gasteiger partial charge is 0.159 e. The van der Waals surface area contributed by atoms with Crippen molar-refractivity contribution in [2.75, 3.05) is 0 Å². The van der Waals surface area contributed by atoms with E-state index < -0.39 is 6.17 Å². The average molecular weight is 770 g/mol. The summed E-state index contributed by atoms with van der Waals surface area (Å²) in [6.07, 6.45) is -0.396. The molecule has 0 bridgehead atoms. The first-order valence-electron chi connectivity index (χ1n) is 20.3. The van der Waals surface area contributed by atoms with Crippen molar-refractivity contribution in [1.29, 1.82) is 0 Å². The van der Waals surface area contributed by atoms with Crippen LogP contribution in [0.4, 0.5) is 0 Å². The summed E-state index contributed by atoms with van der Waals surface area (Å²) in [6, 6.07) is 69.8. The molecule has 9 aromatic carbocycles. The first-order chi connectivity index (χ1) is 29.7. The Morgan fingerprint density at radius 2 is 0.983 bits per heavy atom. The fourth-order valence-corrected chi connectivity index (χ4v) is 8.90. The molecule has 0 amide bonds. The summed E-state index contributed by atoms with van der Waals surface area (Å²) in [7, 11) is 0. The zero-order chi connectivity index (χ0) is 39.6. The third-order valence-electron chi connectivity index (χ3n) is 11.8. The molecule has 0 fully saturated rings. The molecule has 1 aliphatic rings. The zero-order valence-corrected chi connectivity index (χ0v) is 32.3. The number of rotatable bonds is 6. The number of nitrogens with one attached hydrogen (secondary N) is 1. The van der Waals surface area contributed by atoms with E-state index in [-0.39, 0.29) is 0 Å². The van der Waals surface area contributed by atoms with E-state index in [1.54, 1.807) is 0 Å². The molecule has 5 nitrogen and oxygen atoms in total. The van der Waals surface area contributed by atoms with E-state index in [9.17, 15) is 0 Å². The Hall–Kier alpha value is -8.02. The van der Waals surface area contributed by atoms with Gasteiger partial charge in [-0.1, -0.05) is 170 Å². The van der Waals surface area contributed by atoms with Gasteiger partial charge >= 0.3 is 0 Å². The summed E-state index contributed by atoms with van der Waals surface area (Å²) >= 11 is 0. The number of furan rings is 2. The fourth-order valence-electron chi connectivity index (χ4n) is 8.90. The molecule has 2 aromatic heterocycles. The molecule has 12 rings (SSSR count). The second-order valence-electron chi connectivity index (χ2n) is 15.3. The van der Waals surface area contributed by atoms with Gasteiger partial charge in [0.15, 0.2) is 5.84 Å². The molecule has 0 saturated carbocycles. The van der Waals surface area contributed by atoms with Crippen LogP contribution >= 0.6 is 0 Å². The number of hydrogen-bond donors (Lipinski definition) is 1. The molecule has 3 heterocycles. The Balaban J connectivity index is 1.01. The number of nitrogens with zero attached hydrogens (tertiary/aromatic N) is 2. The third kappa shape index (κ3) is 5.63. The topological polar surface area (TPSA) is 63.0 Å². The average Bonchev–Trinajstić information content (AvgIpc) is 3.90. The number of para-hydroxylation sites is 2. The fraction of sp³-hybridized carbons (Fsp3) is 0.0182.